The fourth-order valence-electron chi connectivity index (χ4n) is 3.65. The number of aromatic amines is 1. The summed E-state index contributed by atoms with van der Waals surface area (Å²) in [5, 5.41) is 4.46. The van der Waals surface area contributed by atoms with E-state index in [1.807, 2.05) is 40.3 Å². The van der Waals surface area contributed by atoms with E-state index in [9.17, 15) is 4.79 Å². The number of nitrogens with one attached hydrogen (secondary N) is 1. The van der Waals surface area contributed by atoms with Crippen LogP contribution in [-0.2, 0) is 17.9 Å². The zero-order valence-electron chi connectivity index (χ0n) is 15.7. The monoisotopic (exact) mass is 364 g/mol. The first-order chi connectivity index (χ1) is 13.2. The third-order valence-corrected chi connectivity index (χ3v) is 5.12. The lowest BCUT2D eigenvalue weighted by atomic mass is 10.1. The summed E-state index contributed by atoms with van der Waals surface area (Å²) in [6.07, 6.45) is 8.82. The molecule has 3 aromatic rings. The summed E-state index contributed by atoms with van der Waals surface area (Å²) >= 11 is 0. The Balaban J connectivity index is 1.48. The van der Waals surface area contributed by atoms with Gasteiger partial charge in [-0.1, -0.05) is 13.0 Å². The van der Waals surface area contributed by atoms with Crippen molar-refractivity contribution in [1.29, 1.82) is 0 Å². The van der Waals surface area contributed by atoms with Crippen LogP contribution in [0.3, 0.4) is 0 Å². The standard InChI is InChI=1S/C20H24N6O/c1-3-7-26-14(2)17(10-23-26)18-11-22-20(24-18)16-8-19(27)25(13-16)12-15-5-4-6-21-9-15/h4-6,9-11,16H,3,7-8,12-13H2,1-2H3,(H,22,24)/t16-/m1/s1. The lowest BCUT2D eigenvalue weighted by molar-refractivity contribution is -0.128. The molecule has 1 aliphatic heterocycles. The van der Waals surface area contributed by atoms with Crippen LogP contribution in [0.25, 0.3) is 11.3 Å². The van der Waals surface area contributed by atoms with Crippen molar-refractivity contribution in [3.63, 3.8) is 0 Å². The number of H-pyrrole nitrogens is 1. The maximum atomic E-state index is 12.4. The maximum absolute atomic E-state index is 12.4. The van der Waals surface area contributed by atoms with E-state index in [2.05, 4.69) is 33.9 Å². The molecule has 7 nitrogen and oxygen atoms in total. The van der Waals surface area contributed by atoms with Gasteiger partial charge in [0.15, 0.2) is 0 Å². The van der Waals surface area contributed by atoms with Crippen molar-refractivity contribution in [3.8, 4) is 11.3 Å². The van der Waals surface area contributed by atoms with Gasteiger partial charge in [-0.2, -0.15) is 5.10 Å². The number of amides is 1. The van der Waals surface area contributed by atoms with Crippen molar-refractivity contribution >= 4 is 5.91 Å². The van der Waals surface area contributed by atoms with E-state index in [4.69, 9.17) is 0 Å². The lowest BCUT2D eigenvalue weighted by Crippen LogP contribution is -2.24. The molecule has 1 N–H and O–H groups in total. The van der Waals surface area contributed by atoms with E-state index < -0.39 is 0 Å². The molecule has 4 heterocycles. The summed E-state index contributed by atoms with van der Waals surface area (Å²) in [5.41, 5.74) is 4.21. The number of rotatable bonds is 6. The molecule has 0 spiro atoms. The van der Waals surface area contributed by atoms with Crippen LogP contribution in [0.5, 0.6) is 0 Å². The molecule has 1 aliphatic rings. The zero-order valence-corrected chi connectivity index (χ0v) is 15.7. The summed E-state index contributed by atoms with van der Waals surface area (Å²) in [6.45, 7) is 6.40. The summed E-state index contributed by atoms with van der Waals surface area (Å²) in [7, 11) is 0. The van der Waals surface area contributed by atoms with Crippen molar-refractivity contribution < 1.29 is 4.79 Å². The molecule has 4 rings (SSSR count). The van der Waals surface area contributed by atoms with Crippen LogP contribution >= 0.6 is 0 Å². The molecule has 0 saturated carbocycles. The Morgan fingerprint density at radius 3 is 2.96 bits per heavy atom. The number of hydrogen-bond acceptors (Lipinski definition) is 4. The van der Waals surface area contributed by atoms with Crippen molar-refractivity contribution in [1.82, 2.24) is 29.6 Å². The Bertz CT molecular complexity index is 929. The van der Waals surface area contributed by atoms with E-state index in [0.717, 1.165) is 41.3 Å². The molecule has 0 aliphatic carbocycles. The smallest absolute Gasteiger partial charge is 0.223 e. The van der Waals surface area contributed by atoms with Gasteiger partial charge in [0.1, 0.15) is 5.82 Å². The van der Waals surface area contributed by atoms with Gasteiger partial charge >= 0.3 is 0 Å². The van der Waals surface area contributed by atoms with Crippen LogP contribution < -0.4 is 0 Å². The van der Waals surface area contributed by atoms with E-state index in [1.54, 1.807) is 6.20 Å². The second-order valence-corrected chi connectivity index (χ2v) is 7.09. The van der Waals surface area contributed by atoms with Crippen LogP contribution in [0.15, 0.2) is 36.9 Å². The molecule has 0 aromatic carbocycles. The highest BCUT2D eigenvalue weighted by Gasteiger charge is 2.32. The number of nitrogens with zero attached hydrogens (tertiary/aromatic N) is 5. The second kappa shape index (κ2) is 7.34. The number of carbonyl (C=O) groups is 1. The topological polar surface area (TPSA) is 79.7 Å². The summed E-state index contributed by atoms with van der Waals surface area (Å²) < 4.78 is 2.02. The van der Waals surface area contributed by atoms with E-state index in [0.29, 0.717) is 19.5 Å². The Hall–Kier alpha value is -2.96. The van der Waals surface area contributed by atoms with Gasteiger partial charge in [-0.3, -0.25) is 14.5 Å². The number of aromatic nitrogens is 5. The van der Waals surface area contributed by atoms with Gasteiger partial charge in [-0.15, -0.1) is 0 Å². The van der Waals surface area contributed by atoms with E-state index >= 15 is 0 Å². The minimum Gasteiger partial charge on any atom is -0.342 e. The normalized spacial score (nSPS) is 17.0. The minimum absolute atomic E-state index is 0.0916. The SMILES string of the molecule is CCCn1ncc(-c2cnc([C@@H]3CC(=O)N(Cc4cccnc4)C3)[nH]2)c1C. The van der Waals surface area contributed by atoms with Gasteiger partial charge in [0, 0.05) is 55.6 Å². The number of likely N-dealkylation sites (tertiary alicyclic amines) is 1. The molecule has 3 aromatic heterocycles. The van der Waals surface area contributed by atoms with Crippen molar-refractivity contribution in [2.45, 2.75) is 45.7 Å². The Labute approximate surface area is 158 Å². The average Bonchev–Trinajstić information content (AvgIpc) is 3.37. The van der Waals surface area contributed by atoms with Crippen LogP contribution in [0.4, 0.5) is 0 Å². The van der Waals surface area contributed by atoms with Gasteiger partial charge in [0.05, 0.1) is 18.1 Å². The van der Waals surface area contributed by atoms with Crippen LogP contribution in [-0.4, -0.2) is 42.1 Å². The van der Waals surface area contributed by atoms with Gasteiger partial charge in [-0.05, 0) is 25.0 Å². The fraction of sp³-hybridized carbons (Fsp3) is 0.400. The first-order valence-corrected chi connectivity index (χ1v) is 9.40. The van der Waals surface area contributed by atoms with Gasteiger partial charge in [0.2, 0.25) is 5.91 Å². The second-order valence-electron chi connectivity index (χ2n) is 7.09. The van der Waals surface area contributed by atoms with Crippen LogP contribution in [0.2, 0.25) is 0 Å². The Morgan fingerprint density at radius 2 is 2.19 bits per heavy atom. The first-order valence-electron chi connectivity index (χ1n) is 9.40. The molecule has 27 heavy (non-hydrogen) atoms. The number of imidazole rings is 1. The first kappa shape index (κ1) is 17.5. The average molecular weight is 364 g/mol. The quantitative estimate of drug-likeness (QED) is 0.729. The minimum atomic E-state index is 0.0916. The van der Waals surface area contributed by atoms with Crippen molar-refractivity contribution in [3.05, 3.63) is 54.0 Å². The molecule has 1 fully saturated rings. The van der Waals surface area contributed by atoms with Gasteiger partial charge in [-0.25, -0.2) is 4.98 Å². The predicted molar refractivity (Wildman–Crippen MR) is 102 cm³/mol. The molecule has 0 bridgehead atoms. The summed E-state index contributed by atoms with van der Waals surface area (Å²) in [4.78, 5) is 26.4. The van der Waals surface area contributed by atoms with E-state index in [-0.39, 0.29) is 11.8 Å². The molecular formula is C20H24N6O. The summed E-state index contributed by atoms with van der Waals surface area (Å²) in [6, 6.07) is 3.89. The molecule has 1 saturated heterocycles. The Kier molecular flexibility index (Phi) is 4.75. The fourth-order valence-corrected chi connectivity index (χ4v) is 3.65. The van der Waals surface area contributed by atoms with Crippen molar-refractivity contribution in [2.75, 3.05) is 6.54 Å². The number of aryl methyl sites for hydroxylation is 1. The summed E-state index contributed by atoms with van der Waals surface area (Å²) in [5.74, 6) is 1.12. The third kappa shape index (κ3) is 3.49. The van der Waals surface area contributed by atoms with Gasteiger partial charge < -0.3 is 9.88 Å². The highest BCUT2D eigenvalue weighted by Crippen LogP contribution is 2.29. The zero-order chi connectivity index (χ0) is 18.8. The maximum Gasteiger partial charge on any atom is 0.223 e. The molecule has 1 atom stereocenters. The number of pyridine rings is 1. The number of carbonyl (C=O) groups excluding carboxylic acids is 1. The van der Waals surface area contributed by atoms with Crippen LogP contribution in [0, 0.1) is 6.92 Å². The molecule has 0 unspecified atom stereocenters. The predicted octanol–water partition coefficient (Wildman–Crippen LogP) is 2.90. The van der Waals surface area contributed by atoms with Crippen molar-refractivity contribution in [2.24, 2.45) is 0 Å². The van der Waals surface area contributed by atoms with E-state index in [1.165, 1.54) is 0 Å². The Morgan fingerprint density at radius 1 is 1.30 bits per heavy atom. The largest absolute Gasteiger partial charge is 0.342 e. The number of hydrogen-bond donors (Lipinski definition) is 1. The highest BCUT2D eigenvalue weighted by molar-refractivity contribution is 5.79. The molecule has 7 heteroatoms. The lowest BCUT2D eigenvalue weighted by Gasteiger charge is -2.15. The van der Waals surface area contributed by atoms with Crippen LogP contribution in [0.1, 0.15) is 42.8 Å². The molecule has 140 valence electrons. The molecule has 1 amide bonds. The highest BCUT2D eigenvalue weighted by atomic mass is 16.2. The van der Waals surface area contributed by atoms with Gasteiger partial charge in [0.25, 0.3) is 0 Å². The molecule has 0 radical (unpaired) electrons. The third-order valence-electron chi connectivity index (χ3n) is 5.12. The molecular weight excluding hydrogens is 340 g/mol.